The number of hydrogen-bond acceptors (Lipinski definition) is 3. The van der Waals surface area contributed by atoms with Gasteiger partial charge < -0.3 is 5.11 Å². The van der Waals surface area contributed by atoms with E-state index in [-0.39, 0.29) is 12.2 Å². The molecule has 1 atom stereocenters. The Labute approximate surface area is 125 Å². The van der Waals surface area contributed by atoms with Gasteiger partial charge in [0.05, 0.1) is 0 Å². The number of nitrogens with zero attached hydrogens (tertiary/aromatic N) is 1. The first kappa shape index (κ1) is 15.7. The lowest BCUT2D eigenvalue weighted by Gasteiger charge is -2.23. The van der Waals surface area contributed by atoms with Crippen molar-refractivity contribution in [2.75, 3.05) is 13.1 Å². The number of aryl methyl sites for hydroxylation is 1. The van der Waals surface area contributed by atoms with Crippen molar-refractivity contribution in [1.29, 1.82) is 0 Å². The monoisotopic (exact) mass is 289 g/mol. The summed E-state index contributed by atoms with van der Waals surface area (Å²) in [6, 6.07) is 8.00. The van der Waals surface area contributed by atoms with E-state index in [1.54, 1.807) is 0 Å². The molecule has 2 rings (SSSR count). The molecule has 1 heterocycles. The molecule has 4 heteroatoms. The topological polar surface area (TPSA) is 57.6 Å². The van der Waals surface area contributed by atoms with Crippen molar-refractivity contribution in [2.45, 2.75) is 45.1 Å². The molecule has 114 valence electrons. The average molecular weight is 289 g/mol. The molecule has 0 aliphatic carbocycles. The third-order valence-corrected chi connectivity index (χ3v) is 4.19. The van der Waals surface area contributed by atoms with Gasteiger partial charge in [0.2, 0.25) is 0 Å². The molecule has 1 N–H and O–H groups in total. The van der Waals surface area contributed by atoms with Crippen molar-refractivity contribution in [3.63, 3.8) is 0 Å². The number of likely N-dealkylation sites (tertiary alicyclic amines) is 1. The number of benzene rings is 1. The second kappa shape index (κ2) is 7.36. The fourth-order valence-corrected chi connectivity index (χ4v) is 2.94. The van der Waals surface area contributed by atoms with E-state index >= 15 is 0 Å². The molecule has 21 heavy (non-hydrogen) atoms. The van der Waals surface area contributed by atoms with Gasteiger partial charge in [-0.1, -0.05) is 29.8 Å². The second-order valence-corrected chi connectivity index (χ2v) is 5.80. The maximum Gasteiger partial charge on any atom is 0.303 e. The van der Waals surface area contributed by atoms with Crippen LogP contribution in [-0.4, -0.2) is 40.9 Å². The van der Waals surface area contributed by atoms with Gasteiger partial charge in [0.25, 0.3) is 0 Å². The molecule has 0 spiro atoms. The highest BCUT2D eigenvalue weighted by molar-refractivity contribution is 5.96. The maximum atomic E-state index is 12.2. The normalized spacial score (nSPS) is 18.8. The van der Waals surface area contributed by atoms with E-state index in [1.165, 1.54) is 0 Å². The molecular weight excluding hydrogens is 266 g/mol. The fourth-order valence-electron chi connectivity index (χ4n) is 2.94. The highest BCUT2D eigenvalue weighted by Crippen LogP contribution is 2.22. The van der Waals surface area contributed by atoms with E-state index in [1.807, 2.05) is 31.2 Å². The number of aliphatic carboxylic acids is 1. The van der Waals surface area contributed by atoms with E-state index in [0.29, 0.717) is 18.9 Å². The van der Waals surface area contributed by atoms with Crippen LogP contribution in [0.1, 0.15) is 48.0 Å². The standard InChI is InChI=1S/C17H23NO3/c1-13-4-6-14(7-5-13)16(19)10-12-18-11-2-3-15(18)8-9-17(20)21/h4-7,15H,2-3,8-12H2,1H3,(H,20,21). The van der Waals surface area contributed by atoms with Crippen molar-refractivity contribution in [3.05, 3.63) is 35.4 Å². The molecule has 1 aromatic carbocycles. The second-order valence-electron chi connectivity index (χ2n) is 5.80. The lowest BCUT2D eigenvalue weighted by molar-refractivity contribution is -0.137. The van der Waals surface area contributed by atoms with E-state index in [0.717, 1.165) is 37.1 Å². The average Bonchev–Trinajstić information content (AvgIpc) is 2.90. The van der Waals surface area contributed by atoms with Gasteiger partial charge >= 0.3 is 5.97 Å². The van der Waals surface area contributed by atoms with Crippen LogP contribution < -0.4 is 0 Å². The zero-order chi connectivity index (χ0) is 15.2. The molecule has 1 aliphatic heterocycles. The van der Waals surface area contributed by atoms with Crippen molar-refractivity contribution < 1.29 is 14.7 Å². The molecular formula is C17H23NO3. The number of rotatable bonds is 7. The Hall–Kier alpha value is -1.68. The van der Waals surface area contributed by atoms with Crippen molar-refractivity contribution in [3.8, 4) is 0 Å². The van der Waals surface area contributed by atoms with Crippen LogP contribution in [-0.2, 0) is 4.79 Å². The largest absolute Gasteiger partial charge is 0.481 e. The zero-order valence-corrected chi connectivity index (χ0v) is 12.5. The Morgan fingerprint density at radius 3 is 2.62 bits per heavy atom. The quantitative estimate of drug-likeness (QED) is 0.784. The number of carbonyl (C=O) groups is 2. The summed E-state index contributed by atoms with van der Waals surface area (Å²) in [5, 5.41) is 8.78. The molecule has 1 fully saturated rings. The number of carboxylic acid groups (broad SMARTS) is 1. The van der Waals surface area contributed by atoms with E-state index in [4.69, 9.17) is 5.11 Å². The van der Waals surface area contributed by atoms with Gasteiger partial charge in [0, 0.05) is 31.0 Å². The van der Waals surface area contributed by atoms with Crippen molar-refractivity contribution in [2.24, 2.45) is 0 Å². The highest BCUT2D eigenvalue weighted by atomic mass is 16.4. The van der Waals surface area contributed by atoms with E-state index in [2.05, 4.69) is 4.90 Å². The summed E-state index contributed by atoms with van der Waals surface area (Å²) in [6.07, 6.45) is 3.56. The summed E-state index contributed by atoms with van der Waals surface area (Å²) in [5.74, 6) is -0.573. The SMILES string of the molecule is Cc1ccc(C(=O)CCN2CCCC2CCC(=O)O)cc1. The summed E-state index contributed by atoms with van der Waals surface area (Å²) in [6.45, 7) is 3.72. The van der Waals surface area contributed by atoms with Crippen LogP contribution >= 0.6 is 0 Å². The van der Waals surface area contributed by atoms with Gasteiger partial charge in [0.15, 0.2) is 5.78 Å². The number of hydrogen-bond donors (Lipinski definition) is 1. The van der Waals surface area contributed by atoms with Gasteiger partial charge in [-0.25, -0.2) is 0 Å². The predicted octanol–water partition coefficient (Wildman–Crippen LogP) is 2.90. The van der Waals surface area contributed by atoms with Gasteiger partial charge in [0.1, 0.15) is 0 Å². The van der Waals surface area contributed by atoms with Gasteiger partial charge in [-0.05, 0) is 32.7 Å². The van der Waals surface area contributed by atoms with Crippen LogP contribution in [0.5, 0.6) is 0 Å². The smallest absolute Gasteiger partial charge is 0.303 e. The third-order valence-electron chi connectivity index (χ3n) is 4.19. The van der Waals surface area contributed by atoms with Gasteiger partial charge in [-0.3, -0.25) is 14.5 Å². The van der Waals surface area contributed by atoms with E-state index in [9.17, 15) is 9.59 Å². The Morgan fingerprint density at radius 1 is 1.24 bits per heavy atom. The third kappa shape index (κ3) is 4.67. The Balaban J connectivity index is 1.82. The van der Waals surface area contributed by atoms with Crippen LogP contribution in [0.2, 0.25) is 0 Å². The first-order valence-electron chi connectivity index (χ1n) is 7.62. The molecule has 0 bridgehead atoms. The predicted molar refractivity (Wildman–Crippen MR) is 81.6 cm³/mol. The van der Waals surface area contributed by atoms with Crippen molar-refractivity contribution in [1.82, 2.24) is 4.90 Å². The molecule has 1 aromatic rings. The van der Waals surface area contributed by atoms with Crippen LogP contribution in [0.15, 0.2) is 24.3 Å². The minimum atomic E-state index is -0.738. The summed E-state index contributed by atoms with van der Waals surface area (Å²) in [4.78, 5) is 25.1. The summed E-state index contributed by atoms with van der Waals surface area (Å²) in [7, 11) is 0. The Morgan fingerprint density at radius 2 is 1.95 bits per heavy atom. The molecule has 0 saturated carbocycles. The molecule has 0 amide bonds. The molecule has 1 unspecified atom stereocenters. The zero-order valence-electron chi connectivity index (χ0n) is 12.5. The van der Waals surface area contributed by atoms with Crippen LogP contribution in [0, 0.1) is 6.92 Å². The summed E-state index contributed by atoms with van der Waals surface area (Å²) >= 11 is 0. The lowest BCUT2D eigenvalue weighted by atomic mass is 10.1. The van der Waals surface area contributed by atoms with E-state index < -0.39 is 5.97 Å². The van der Waals surface area contributed by atoms with Crippen LogP contribution in [0.3, 0.4) is 0 Å². The van der Waals surface area contributed by atoms with Gasteiger partial charge in [-0.2, -0.15) is 0 Å². The maximum absolute atomic E-state index is 12.2. The number of carboxylic acids is 1. The first-order valence-corrected chi connectivity index (χ1v) is 7.62. The summed E-state index contributed by atoms with van der Waals surface area (Å²) < 4.78 is 0. The first-order chi connectivity index (χ1) is 10.1. The minimum Gasteiger partial charge on any atom is -0.481 e. The number of carbonyl (C=O) groups excluding carboxylic acids is 1. The molecule has 1 saturated heterocycles. The molecule has 0 aromatic heterocycles. The molecule has 4 nitrogen and oxygen atoms in total. The minimum absolute atomic E-state index is 0.166. The lowest BCUT2D eigenvalue weighted by Crippen LogP contribution is -2.32. The fraction of sp³-hybridized carbons (Fsp3) is 0.529. The molecule has 1 aliphatic rings. The Kier molecular flexibility index (Phi) is 5.51. The van der Waals surface area contributed by atoms with Crippen LogP contribution in [0.4, 0.5) is 0 Å². The number of Topliss-reactive ketones (excluding diaryl/α,β-unsaturated/α-hetero) is 1. The number of ketones is 1. The van der Waals surface area contributed by atoms with Crippen molar-refractivity contribution >= 4 is 11.8 Å². The Bertz CT molecular complexity index is 495. The van der Waals surface area contributed by atoms with Gasteiger partial charge in [-0.15, -0.1) is 0 Å². The molecule has 0 radical (unpaired) electrons. The summed E-state index contributed by atoms with van der Waals surface area (Å²) in [5.41, 5.74) is 1.92. The highest BCUT2D eigenvalue weighted by Gasteiger charge is 2.25. The van der Waals surface area contributed by atoms with Crippen LogP contribution in [0.25, 0.3) is 0 Å².